The van der Waals surface area contributed by atoms with Crippen LogP contribution in [0.1, 0.15) is 37.7 Å². The number of carbonyl (C=O) groups is 2. The van der Waals surface area contributed by atoms with Gasteiger partial charge in [-0.2, -0.15) is 0 Å². The van der Waals surface area contributed by atoms with Crippen LogP contribution >= 0.6 is 11.6 Å². The maximum Gasteiger partial charge on any atom is 0.303 e. The van der Waals surface area contributed by atoms with Crippen LogP contribution in [0.4, 0.5) is 0 Å². The SMILES string of the molecule is O=C(O)CCC1CCCCN1CC(=O)NCc1ccc(Cl)cc1. The summed E-state index contributed by atoms with van der Waals surface area (Å²) < 4.78 is 0. The summed E-state index contributed by atoms with van der Waals surface area (Å²) in [7, 11) is 0. The molecule has 1 amide bonds. The second-order valence-corrected chi connectivity index (χ2v) is 6.39. The fourth-order valence-corrected chi connectivity index (χ4v) is 3.05. The van der Waals surface area contributed by atoms with E-state index in [-0.39, 0.29) is 18.4 Å². The summed E-state index contributed by atoms with van der Waals surface area (Å²) in [6, 6.07) is 7.57. The van der Waals surface area contributed by atoms with Crippen molar-refractivity contribution >= 4 is 23.5 Å². The third kappa shape index (κ3) is 6.20. The van der Waals surface area contributed by atoms with E-state index in [1.54, 1.807) is 12.1 Å². The van der Waals surface area contributed by atoms with Crippen molar-refractivity contribution in [3.8, 4) is 0 Å². The number of benzene rings is 1. The van der Waals surface area contributed by atoms with Crippen molar-refractivity contribution in [2.75, 3.05) is 13.1 Å². The lowest BCUT2D eigenvalue weighted by Crippen LogP contribution is -2.45. The molecule has 1 unspecified atom stereocenters. The Hall–Kier alpha value is -1.59. The number of likely N-dealkylation sites (tertiary alicyclic amines) is 1. The summed E-state index contributed by atoms with van der Waals surface area (Å²) in [4.78, 5) is 25.0. The van der Waals surface area contributed by atoms with Crippen LogP contribution in [0.3, 0.4) is 0 Å². The minimum atomic E-state index is -0.775. The largest absolute Gasteiger partial charge is 0.481 e. The van der Waals surface area contributed by atoms with Crippen molar-refractivity contribution in [1.82, 2.24) is 10.2 Å². The summed E-state index contributed by atoms with van der Waals surface area (Å²) in [5.74, 6) is -0.801. The van der Waals surface area contributed by atoms with Gasteiger partial charge >= 0.3 is 5.97 Å². The molecule has 1 heterocycles. The maximum absolute atomic E-state index is 12.1. The van der Waals surface area contributed by atoms with Gasteiger partial charge < -0.3 is 10.4 Å². The van der Waals surface area contributed by atoms with Crippen LogP contribution in [0.2, 0.25) is 5.02 Å². The van der Waals surface area contributed by atoms with E-state index in [0.29, 0.717) is 24.5 Å². The maximum atomic E-state index is 12.1. The highest BCUT2D eigenvalue weighted by molar-refractivity contribution is 6.30. The van der Waals surface area contributed by atoms with E-state index < -0.39 is 5.97 Å². The molecule has 1 fully saturated rings. The zero-order chi connectivity index (χ0) is 16.7. The molecule has 1 saturated heterocycles. The lowest BCUT2D eigenvalue weighted by atomic mass is 9.98. The average Bonchev–Trinajstić information content (AvgIpc) is 2.53. The lowest BCUT2D eigenvalue weighted by molar-refractivity contribution is -0.137. The van der Waals surface area contributed by atoms with Crippen LogP contribution in [0.15, 0.2) is 24.3 Å². The zero-order valence-corrected chi connectivity index (χ0v) is 13.9. The number of carbonyl (C=O) groups excluding carboxylic acids is 1. The molecule has 2 rings (SSSR count). The van der Waals surface area contributed by atoms with Gasteiger partial charge in [-0.05, 0) is 43.5 Å². The Morgan fingerprint density at radius 3 is 2.70 bits per heavy atom. The van der Waals surface area contributed by atoms with Gasteiger partial charge in [-0.3, -0.25) is 14.5 Å². The summed E-state index contributed by atoms with van der Waals surface area (Å²) in [5.41, 5.74) is 1.00. The van der Waals surface area contributed by atoms with E-state index in [2.05, 4.69) is 10.2 Å². The standard InChI is InChI=1S/C17H23ClN2O3/c18-14-6-4-13(5-7-14)11-19-16(21)12-20-10-2-1-3-15(20)8-9-17(22)23/h4-7,15H,1-3,8-12H2,(H,19,21)(H,22,23). The van der Waals surface area contributed by atoms with Crippen LogP contribution in [0.5, 0.6) is 0 Å². The third-order valence-corrected chi connectivity index (χ3v) is 4.44. The molecule has 0 spiro atoms. The minimum Gasteiger partial charge on any atom is -0.481 e. The number of hydrogen-bond acceptors (Lipinski definition) is 3. The first-order valence-electron chi connectivity index (χ1n) is 8.01. The van der Waals surface area contributed by atoms with E-state index in [4.69, 9.17) is 16.7 Å². The van der Waals surface area contributed by atoms with Gasteiger partial charge in [0, 0.05) is 24.0 Å². The minimum absolute atomic E-state index is 0.0258. The highest BCUT2D eigenvalue weighted by Gasteiger charge is 2.24. The number of nitrogens with zero attached hydrogens (tertiary/aromatic N) is 1. The van der Waals surface area contributed by atoms with Crippen molar-refractivity contribution in [2.24, 2.45) is 0 Å². The Morgan fingerprint density at radius 1 is 1.26 bits per heavy atom. The number of hydrogen-bond donors (Lipinski definition) is 2. The first-order valence-corrected chi connectivity index (χ1v) is 8.39. The molecule has 1 aromatic rings. The molecule has 0 saturated carbocycles. The first-order chi connectivity index (χ1) is 11.0. The Bertz CT molecular complexity index is 533. The predicted octanol–water partition coefficient (Wildman–Crippen LogP) is 2.68. The van der Waals surface area contributed by atoms with Crippen molar-refractivity contribution in [3.63, 3.8) is 0 Å². The van der Waals surface area contributed by atoms with Gasteiger partial charge in [0.25, 0.3) is 0 Å². The third-order valence-electron chi connectivity index (χ3n) is 4.19. The number of rotatable bonds is 7. The number of carboxylic acids is 1. The fourth-order valence-electron chi connectivity index (χ4n) is 2.93. The number of aliphatic carboxylic acids is 1. The van der Waals surface area contributed by atoms with E-state index >= 15 is 0 Å². The van der Waals surface area contributed by atoms with Gasteiger partial charge in [0.15, 0.2) is 0 Å². The summed E-state index contributed by atoms with van der Waals surface area (Å²) in [6.45, 7) is 1.67. The average molecular weight is 339 g/mol. The van der Waals surface area contributed by atoms with Gasteiger partial charge in [-0.15, -0.1) is 0 Å². The van der Waals surface area contributed by atoms with Gasteiger partial charge in [0.2, 0.25) is 5.91 Å². The Balaban J connectivity index is 1.79. The Morgan fingerprint density at radius 2 is 2.00 bits per heavy atom. The highest BCUT2D eigenvalue weighted by atomic mass is 35.5. The Labute approximate surface area is 141 Å². The topological polar surface area (TPSA) is 69.6 Å². The smallest absolute Gasteiger partial charge is 0.303 e. The molecule has 1 atom stereocenters. The highest BCUT2D eigenvalue weighted by Crippen LogP contribution is 2.20. The number of amides is 1. The molecular weight excluding hydrogens is 316 g/mol. The van der Waals surface area contributed by atoms with Gasteiger partial charge in [-0.1, -0.05) is 30.2 Å². The predicted molar refractivity (Wildman–Crippen MR) is 89.4 cm³/mol. The van der Waals surface area contributed by atoms with Crippen molar-refractivity contribution in [3.05, 3.63) is 34.9 Å². The number of nitrogens with one attached hydrogen (secondary N) is 1. The van der Waals surface area contributed by atoms with Gasteiger partial charge in [-0.25, -0.2) is 0 Å². The monoisotopic (exact) mass is 338 g/mol. The van der Waals surface area contributed by atoms with Crippen molar-refractivity contribution < 1.29 is 14.7 Å². The fraction of sp³-hybridized carbons (Fsp3) is 0.529. The van der Waals surface area contributed by atoms with Crippen molar-refractivity contribution in [1.29, 1.82) is 0 Å². The van der Waals surface area contributed by atoms with E-state index in [0.717, 1.165) is 31.4 Å². The number of halogens is 1. The summed E-state index contributed by atoms with van der Waals surface area (Å²) in [5, 5.41) is 12.4. The summed E-state index contributed by atoms with van der Waals surface area (Å²) in [6.07, 6.45) is 3.91. The van der Waals surface area contributed by atoms with E-state index in [9.17, 15) is 9.59 Å². The molecule has 6 heteroatoms. The van der Waals surface area contributed by atoms with Gasteiger partial charge in [0.1, 0.15) is 0 Å². The molecule has 1 aromatic carbocycles. The first kappa shape index (κ1) is 17.8. The molecule has 0 aliphatic carbocycles. The van der Waals surface area contributed by atoms with Gasteiger partial charge in [0.05, 0.1) is 6.54 Å². The molecule has 1 aliphatic rings. The zero-order valence-electron chi connectivity index (χ0n) is 13.1. The lowest BCUT2D eigenvalue weighted by Gasteiger charge is -2.35. The Kier molecular flexibility index (Phi) is 6.86. The van der Waals surface area contributed by atoms with Crippen LogP contribution in [-0.4, -0.2) is 41.0 Å². The van der Waals surface area contributed by atoms with Crippen LogP contribution in [0.25, 0.3) is 0 Å². The molecule has 5 nitrogen and oxygen atoms in total. The quantitative estimate of drug-likeness (QED) is 0.802. The van der Waals surface area contributed by atoms with Crippen molar-refractivity contribution in [2.45, 2.75) is 44.7 Å². The molecule has 0 aromatic heterocycles. The van der Waals surface area contributed by atoms with Crippen LogP contribution in [-0.2, 0) is 16.1 Å². The number of piperidine rings is 1. The molecule has 23 heavy (non-hydrogen) atoms. The molecule has 126 valence electrons. The molecule has 0 radical (unpaired) electrons. The number of carboxylic acid groups (broad SMARTS) is 1. The molecule has 2 N–H and O–H groups in total. The summed E-state index contributed by atoms with van der Waals surface area (Å²) >= 11 is 5.84. The van der Waals surface area contributed by atoms with Crippen LogP contribution in [0, 0.1) is 0 Å². The normalized spacial score (nSPS) is 18.6. The molecular formula is C17H23ClN2O3. The van der Waals surface area contributed by atoms with E-state index in [1.165, 1.54) is 0 Å². The molecule has 0 bridgehead atoms. The second-order valence-electron chi connectivity index (χ2n) is 5.96. The van der Waals surface area contributed by atoms with Crippen LogP contribution < -0.4 is 5.32 Å². The molecule has 1 aliphatic heterocycles. The van der Waals surface area contributed by atoms with E-state index in [1.807, 2.05) is 12.1 Å². The second kappa shape index (κ2) is 8.89.